The molecule has 2 aromatic rings. The van der Waals surface area contributed by atoms with E-state index in [-0.39, 0.29) is 23.3 Å². The molecular formula is C31H40N4O4. The summed E-state index contributed by atoms with van der Waals surface area (Å²) in [5, 5.41) is 9.55. The SMILES string of the molecule is CCCCC1=NC2(CCN(C(=O)C(N)C(C)CC)CC2)C(=O)N1Cc1ccc(-c2ccccc2C(=O)O)cc1. The fraction of sp³-hybridized carbons (Fsp3) is 0.484. The van der Waals surface area contributed by atoms with Crippen molar-refractivity contribution in [2.24, 2.45) is 16.6 Å². The summed E-state index contributed by atoms with van der Waals surface area (Å²) in [6.07, 6.45) is 4.52. The van der Waals surface area contributed by atoms with Crippen molar-refractivity contribution < 1.29 is 19.5 Å². The standard InChI is InChI=1S/C31H40N4O4/c1-4-6-11-26-33-31(16-18-34(19-17-31)28(36)27(32)21(3)5-2)30(39)35(26)20-22-12-14-23(15-13-22)24-9-7-8-10-25(24)29(37)38/h7-10,12-15,21,27H,4-6,11,16-20,32H2,1-3H3,(H,37,38). The maximum Gasteiger partial charge on any atom is 0.336 e. The Balaban J connectivity index is 1.50. The summed E-state index contributed by atoms with van der Waals surface area (Å²) in [6, 6.07) is 14.1. The summed E-state index contributed by atoms with van der Waals surface area (Å²) in [5.41, 5.74) is 8.07. The molecule has 1 saturated heterocycles. The molecule has 2 heterocycles. The molecule has 8 nitrogen and oxygen atoms in total. The smallest absolute Gasteiger partial charge is 0.336 e. The Morgan fingerprint density at radius 2 is 1.74 bits per heavy atom. The van der Waals surface area contributed by atoms with E-state index in [4.69, 9.17) is 10.7 Å². The van der Waals surface area contributed by atoms with Crippen molar-refractivity contribution in [1.82, 2.24) is 9.80 Å². The summed E-state index contributed by atoms with van der Waals surface area (Å²) in [7, 11) is 0. The number of nitrogens with zero attached hydrogens (tertiary/aromatic N) is 3. The second-order valence-corrected chi connectivity index (χ2v) is 10.8. The van der Waals surface area contributed by atoms with E-state index in [2.05, 4.69) is 6.92 Å². The Morgan fingerprint density at radius 1 is 1.08 bits per heavy atom. The third-order valence-electron chi connectivity index (χ3n) is 8.26. The van der Waals surface area contributed by atoms with E-state index in [1.165, 1.54) is 0 Å². The highest BCUT2D eigenvalue weighted by Gasteiger charge is 2.50. The highest BCUT2D eigenvalue weighted by molar-refractivity contribution is 6.08. The van der Waals surface area contributed by atoms with E-state index in [1.54, 1.807) is 23.1 Å². The van der Waals surface area contributed by atoms with Crippen molar-refractivity contribution in [1.29, 1.82) is 0 Å². The van der Waals surface area contributed by atoms with Crippen LogP contribution in [-0.2, 0) is 16.1 Å². The van der Waals surface area contributed by atoms with Gasteiger partial charge in [-0.1, -0.05) is 76.1 Å². The third-order valence-corrected chi connectivity index (χ3v) is 8.26. The fourth-order valence-electron chi connectivity index (χ4n) is 5.44. The lowest BCUT2D eigenvalue weighted by atomic mass is 9.86. The molecule has 1 fully saturated rings. The Bertz CT molecular complexity index is 1230. The number of carbonyl (C=O) groups excluding carboxylic acids is 2. The van der Waals surface area contributed by atoms with E-state index in [0.717, 1.165) is 42.6 Å². The minimum absolute atomic E-state index is 0.00669. The van der Waals surface area contributed by atoms with Gasteiger partial charge in [-0.15, -0.1) is 0 Å². The number of carboxylic acid groups (broad SMARTS) is 1. The van der Waals surface area contributed by atoms with Crippen LogP contribution in [0.25, 0.3) is 11.1 Å². The first-order chi connectivity index (χ1) is 18.7. The number of carbonyl (C=O) groups is 3. The van der Waals surface area contributed by atoms with Crippen LogP contribution in [0.3, 0.4) is 0 Å². The molecule has 0 aliphatic carbocycles. The van der Waals surface area contributed by atoms with Crippen molar-refractivity contribution in [2.45, 2.75) is 77.4 Å². The number of hydrogen-bond acceptors (Lipinski definition) is 5. The summed E-state index contributed by atoms with van der Waals surface area (Å²) >= 11 is 0. The second-order valence-electron chi connectivity index (χ2n) is 10.8. The van der Waals surface area contributed by atoms with Crippen molar-refractivity contribution in [3.05, 3.63) is 59.7 Å². The minimum atomic E-state index is -0.964. The summed E-state index contributed by atoms with van der Waals surface area (Å²) in [5.74, 6) is -0.0691. The van der Waals surface area contributed by atoms with Crippen molar-refractivity contribution >= 4 is 23.6 Å². The Labute approximate surface area is 230 Å². The maximum absolute atomic E-state index is 13.9. The van der Waals surface area contributed by atoms with Gasteiger partial charge in [-0.25, -0.2) is 4.79 Å². The average Bonchev–Trinajstić information content (AvgIpc) is 3.21. The van der Waals surface area contributed by atoms with E-state index in [1.807, 2.05) is 49.1 Å². The molecule has 0 saturated carbocycles. The highest BCUT2D eigenvalue weighted by atomic mass is 16.4. The number of nitrogens with two attached hydrogens (primary N) is 1. The Kier molecular flexibility index (Phi) is 8.85. The molecule has 0 radical (unpaired) electrons. The van der Waals surface area contributed by atoms with Gasteiger partial charge < -0.3 is 15.7 Å². The average molecular weight is 533 g/mol. The summed E-state index contributed by atoms with van der Waals surface area (Å²) in [6.45, 7) is 7.51. The lowest BCUT2D eigenvalue weighted by Crippen LogP contribution is -2.55. The van der Waals surface area contributed by atoms with Crippen LogP contribution in [0.5, 0.6) is 0 Å². The number of likely N-dealkylation sites (tertiary alicyclic amines) is 1. The van der Waals surface area contributed by atoms with E-state index < -0.39 is 17.6 Å². The first kappa shape index (κ1) is 28.5. The number of aliphatic imine (C=N–C) groups is 1. The molecule has 2 aromatic carbocycles. The number of benzene rings is 2. The van der Waals surface area contributed by atoms with Gasteiger partial charge in [-0.2, -0.15) is 0 Å². The zero-order valence-electron chi connectivity index (χ0n) is 23.2. The van der Waals surface area contributed by atoms with Crippen LogP contribution in [0.1, 0.15) is 75.2 Å². The van der Waals surface area contributed by atoms with Gasteiger partial charge in [0.1, 0.15) is 11.4 Å². The second kappa shape index (κ2) is 12.1. The number of piperidine rings is 1. The third kappa shape index (κ3) is 5.91. The fourth-order valence-corrected chi connectivity index (χ4v) is 5.44. The van der Waals surface area contributed by atoms with Crippen LogP contribution in [-0.4, -0.2) is 63.2 Å². The predicted molar refractivity (Wildman–Crippen MR) is 152 cm³/mol. The molecular weight excluding hydrogens is 492 g/mol. The van der Waals surface area contributed by atoms with Crippen LogP contribution in [0.15, 0.2) is 53.5 Å². The number of unbranched alkanes of at least 4 members (excludes halogenated alkanes) is 1. The lowest BCUT2D eigenvalue weighted by molar-refractivity contribution is -0.140. The van der Waals surface area contributed by atoms with Gasteiger partial charge in [0.25, 0.3) is 5.91 Å². The van der Waals surface area contributed by atoms with Gasteiger partial charge in [0.15, 0.2) is 0 Å². The number of aromatic carboxylic acids is 1. The highest BCUT2D eigenvalue weighted by Crippen LogP contribution is 2.36. The molecule has 208 valence electrons. The summed E-state index contributed by atoms with van der Waals surface area (Å²) < 4.78 is 0. The number of carboxylic acids is 1. The van der Waals surface area contributed by atoms with Gasteiger partial charge in [0, 0.05) is 19.5 Å². The van der Waals surface area contributed by atoms with Gasteiger partial charge in [-0.3, -0.25) is 19.5 Å². The Hall–Kier alpha value is -3.52. The first-order valence-corrected chi connectivity index (χ1v) is 14.1. The largest absolute Gasteiger partial charge is 0.478 e. The van der Waals surface area contributed by atoms with E-state index >= 15 is 0 Å². The predicted octanol–water partition coefficient (Wildman–Crippen LogP) is 4.72. The topological polar surface area (TPSA) is 116 Å². The van der Waals surface area contributed by atoms with Crippen LogP contribution in [0.4, 0.5) is 0 Å². The zero-order valence-corrected chi connectivity index (χ0v) is 23.2. The van der Waals surface area contributed by atoms with Gasteiger partial charge in [-0.05, 0) is 47.9 Å². The molecule has 2 amide bonds. The monoisotopic (exact) mass is 532 g/mol. The molecule has 2 aliphatic rings. The lowest BCUT2D eigenvalue weighted by Gasteiger charge is -2.38. The molecule has 2 aliphatic heterocycles. The van der Waals surface area contributed by atoms with E-state index in [9.17, 15) is 19.5 Å². The molecule has 2 unspecified atom stereocenters. The molecule has 0 bridgehead atoms. The minimum Gasteiger partial charge on any atom is -0.478 e. The van der Waals surface area contributed by atoms with Gasteiger partial charge >= 0.3 is 5.97 Å². The molecule has 3 N–H and O–H groups in total. The normalized spacial score (nSPS) is 18.3. The molecule has 8 heteroatoms. The van der Waals surface area contributed by atoms with Crippen molar-refractivity contribution in [3.63, 3.8) is 0 Å². The molecule has 0 aromatic heterocycles. The van der Waals surface area contributed by atoms with Crippen LogP contribution >= 0.6 is 0 Å². The first-order valence-electron chi connectivity index (χ1n) is 14.1. The molecule has 1 spiro atoms. The Morgan fingerprint density at radius 3 is 2.36 bits per heavy atom. The molecule has 2 atom stereocenters. The molecule has 4 rings (SSSR count). The zero-order chi connectivity index (χ0) is 28.2. The van der Waals surface area contributed by atoms with Gasteiger partial charge in [0.05, 0.1) is 18.2 Å². The van der Waals surface area contributed by atoms with E-state index in [0.29, 0.717) is 38.0 Å². The maximum atomic E-state index is 13.9. The van der Waals surface area contributed by atoms with Crippen molar-refractivity contribution in [3.8, 4) is 11.1 Å². The number of hydrogen-bond donors (Lipinski definition) is 2. The van der Waals surface area contributed by atoms with Crippen LogP contribution in [0.2, 0.25) is 0 Å². The number of amides is 2. The van der Waals surface area contributed by atoms with Crippen molar-refractivity contribution in [2.75, 3.05) is 13.1 Å². The van der Waals surface area contributed by atoms with Gasteiger partial charge in [0.2, 0.25) is 5.91 Å². The quantitative estimate of drug-likeness (QED) is 0.459. The number of amidine groups is 1. The molecule has 39 heavy (non-hydrogen) atoms. The van der Waals surface area contributed by atoms with Crippen LogP contribution < -0.4 is 5.73 Å². The number of rotatable bonds is 10. The van der Waals surface area contributed by atoms with Crippen LogP contribution in [0, 0.1) is 5.92 Å². The summed E-state index contributed by atoms with van der Waals surface area (Å²) in [4.78, 5) is 47.1.